The molecule has 3 heteroatoms. The molecule has 138 valence electrons. The van der Waals surface area contributed by atoms with Crippen LogP contribution in [0.25, 0.3) is 0 Å². The zero-order valence-corrected chi connectivity index (χ0v) is 15.9. The van der Waals surface area contributed by atoms with Crippen molar-refractivity contribution in [3.63, 3.8) is 0 Å². The highest BCUT2D eigenvalue weighted by Gasteiger charge is 2.17. The lowest BCUT2D eigenvalue weighted by Crippen LogP contribution is -2.32. The number of carbonyl (C=O) groups excluding carboxylic acids is 1. The summed E-state index contributed by atoms with van der Waals surface area (Å²) < 4.78 is 0. The summed E-state index contributed by atoms with van der Waals surface area (Å²) in [6, 6.07) is 16.7. The molecular formula is C23H30N2O. The molecule has 0 saturated carbocycles. The third-order valence-corrected chi connectivity index (χ3v) is 5.42. The summed E-state index contributed by atoms with van der Waals surface area (Å²) in [7, 11) is 0. The minimum absolute atomic E-state index is 0.0451. The average molecular weight is 351 g/mol. The molecule has 0 fully saturated rings. The zero-order valence-electron chi connectivity index (χ0n) is 15.9. The van der Waals surface area contributed by atoms with Crippen LogP contribution in [-0.4, -0.2) is 25.5 Å². The number of carbonyl (C=O) groups is 1. The van der Waals surface area contributed by atoms with E-state index in [0.29, 0.717) is 18.4 Å². The van der Waals surface area contributed by atoms with Crippen LogP contribution in [0.15, 0.2) is 48.5 Å². The molecule has 3 nitrogen and oxygen atoms in total. The number of benzene rings is 2. The van der Waals surface area contributed by atoms with Crippen LogP contribution >= 0.6 is 0 Å². The fraction of sp³-hybridized carbons (Fsp3) is 0.435. The largest absolute Gasteiger partial charge is 0.352 e. The Hall–Kier alpha value is -2.13. The lowest BCUT2D eigenvalue weighted by atomic mass is 9.89. The van der Waals surface area contributed by atoms with Gasteiger partial charge in [0.15, 0.2) is 0 Å². The molecule has 0 aromatic heterocycles. The van der Waals surface area contributed by atoms with Gasteiger partial charge in [0.05, 0.1) is 0 Å². The number of hydrogen-bond donors (Lipinski definition) is 2. The number of nitrogens with one attached hydrogen (secondary N) is 2. The van der Waals surface area contributed by atoms with E-state index in [2.05, 4.69) is 60.9 Å². The van der Waals surface area contributed by atoms with Crippen molar-refractivity contribution in [1.29, 1.82) is 0 Å². The molecule has 0 radical (unpaired) electrons. The Bertz CT molecular complexity index is 724. The van der Waals surface area contributed by atoms with Gasteiger partial charge in [0.2, 0.25) is 0 Å². The average Bonchev–Trinajstić information content (AvgIpc) is 2.90. The van der Waals surface area contributed by atoms with Crippen molar-refractivity contribution >= 4 is 5.91 Å². The Kier molecular flexibility index (Phi) is 6.45. The van der Waals surface area contributed by atoms with Gasteiger partial charge in [-0.3, -0.25) is 4.79 Å². The topological polar surface area (TPSA) is 41.1 Å². The molecule has 1 aliphatic heterocycles. The monoisotopic (exact) mass is 350 g/mol. The van der Waals surface area contributed by atoms with Crippen molar-refractivity contribution in [2.45, 2.75) is 33.1 Å². The molecule has 1 aliphatic rings. The van der Waals surface area contributed by atoms with E-state index >= 15 is 0 Å². The molecule has 2 N–H and O–H groups in total. The molecule has 1 amide bonds. The lowest BCUT2D eigenvalue weighted by Gasteiger charge is -2.21. The number of amides is 1. The second-order valence-electron chi connectivity index (χ2n) is 7.64. The van der Waals surface area contributed by atoms with Gasteiger partial charge in [0.25, 0.3) is 5.91 Å². The molecule has 2 aromatic carbocycles. The number of rotatable bonds is 6. The van der Waals surface area contributed by atoms with E-state index in [4.69, 9.17) is 0 Å². The van der Waals surface area contributed by atoms with E-state index in [1.54, 1.807) is 0 Å². The maximum Gasteiger partial charge on any atom is 0.251 e. The van der Waals surface area contributed by atoms with Gasteiger partial charge in [-0.1, -0.05) is 50.2 Å². The second kappa shape index (κ2) is 9.00. The normalized spacial score (nSPS) is 15.2. The molecule has 0 aliphatic carbocycles. The van der Waals surface area contributed by atoms with Crippen LogP contribution in [-0.2, 0) is 19.3 Å². The Morgan fingerprint density at radius 2 is 1.77 bits per heavy atom. The molecule has 1 unspecified atom stereocenters. The van der Waals surface area contributed by atoms with E-state index in [1.807, 2.05) is 12.1 Å². The zero-order chi connectivity index (χ0) is 18.4. The van der Waals surface area contributed by atoms with Gasteiger partial charge in [0.1, 0.15) is 0 Å². The Morgan fingerprint density at radius 1 is 1.04 bits per heavy atom. The Balaban J connectivity index is 1.62. The van der Waals surface area contributed by atoms with Crippen LogP contribution in [0.3, 0.4) is 0 Å². The first kappa shape index (κ1) is 18.7. The van der Waals surface area contributed by atoms with Crippen molar-refractivity contribution in [3.8, 4) is 0 Å². The minimum Gasteiger partial charge on any atom is -0.352 e. The summed E-state index contributed by atoms with van der Waals surface area (Å²) in [6.07, 6.45) is 3.04. The molecule has 1 atom stereocenters. The van der Waals surface area contributed by atoms with Crippen LogP contribution in [0.5, 0.6) is 0 Å². The fourth-order valence-electron chi connectivity index (χ4n) is 3.60. The first-order valence-electron chi connectivity index (χ1n) is 9.78. The fourth-order valence-corrected chi connectivity index (χ4v) is 3.60. The van der Waals surface area contributed by atoms with Crippen LogP contribution < -0.4 is 10.6 Å². The smallest absolute Gasteiger partial charge is 0.251 e. The van der Waals surface area contributed by atoms with Crippen molar-refractivity contribution in [1.82, 2.24) is 10.6 Å². The summed E-state index contributed by atoms with van der Waals surface area (Å²) in [6.45, 7) is 7.19. The maximum atomic E-state index is 12.7. The molecule has 0 bridgehead atoms. The molecule has 26 heavy (non-hydrogen) atoms. The van der Waals surface area contributed by atoms with Gasteiger partial charge >= 0.3 is 0 Å². The predicted molar refractivity (Wildman–Crippen MR) is 108 cm³/mol. The van der Waals surface area contributed by atoms with E-state index < -0.39 is 0 Å². The highest BCUT2D eigenvalue weighted by Crippen LogP contribution is 2.18. The van der Waals surface area contributed by atoms with Gasteiger partial charge in [0, 0.05) is 12.1 Å². The SMILES string of the molecule is CC(C)C(CNC(=O)c1ccc2c(c1)CCNCC2)Cc1ccccc1. The van der Waals surface area contributed by atoms with Gasteiger partial charge in [-0.25, -0.2) is 0 Å². The van der Waals surface area contributed by atoms with Crippen molar-refractivity contribution in [2.75, 3.05) is 19.6 Å². The third kappa shape index (κ3) is 4.95. The van der Waals surface area contributed by atoms with Gasteiger partial charge in [-0.05, 0) is 73.0 Å². The molecule has 1 heterocycles. The molecule has 0 saturated heterocycles. The van der Waals surface area contributed by atoms with Crippen molar-refractivity contribution < 1.29 is 4.79 Å². The third-order valence-electron chi connectivity index (χ3n) is 5.42. The van der Waals surface area contributed by atoms with Crippen molar-refractivity contribution in [2.24, 2.45) is 11.8 Å². The summed E-state index contributed by atoms with van der Waals surface area (Å²) in [4.78, 5) is 12.7. The minimum atomic E-state index is 0.0451. The summed E-state index contributed by atoms with van der Waals surface area (Å²) >= 11 is 0. The lowest BCUT2D eigenvalue weighted by molar-refractivity contribution is 0.0943. The summed E-state index contributed by atoms with van der Waals surface area (Å²) in [5.74, 6) is 1.00. The standard InChI is InChI=1S/C23H30N2O/c1-17(2)22(14-18-6-4-3-5-7-18)16-25-23(26)21-9-8-19-10-12-24-13-11-20(19)15-21/h3-9,15,17,22,24H,10-14,16H2,1-2H3,(H,25,26). The van der Waals surface area contributed by atoms with Crippen LogP contribution in [0.1, 0.15) is 40.9 Å². The number of fused-ring (bicyclic) bond motifs is 1. The van der Waals surface area contributed by atoms with Crippen LogP contribution in [0.4, 0.5) is 0 Å². The number of hydrogen-bond acceptors (Lipinski definition) is 2. The van der Waals surface area contributed by atoms with Crippen LogP contribution in [0, 0.1) is 11.8 Å². The Morgan fingerprint density at radius 3 is 2.50 bits per heavy atom. The van der Waals surface area contributed by atoms with Gasteiger partial charge in [-0.2, -0.15) is 0 Å². The van der Waals surface area contributed by atoms with Gasteiger partial charge in [-0.15, -0.1) is 0 Å². The predicted octanol–water partition coefficient (Wildman–Crippen LogP) is 3.62. The second-order valence-corrected chi connectivity index (χ2v) is 7.64. The van der Waals surface area contributed by atoms with Crippen molar-refractivity contribution in [3.05, 3.63) is 70.8 Å². The van der Waals surface area contributed by atoms with Gasteiger partial charge < -0.3 is 10.6 Å². The quantitative estimate of drug-likeness (QED) is 0.835. The maximum absolute atomic E-state index is 12.7. The van der Waals surface area contributed by atoms with E-state index in [0.717, 1.165) is 37.9 Å². The van der Waals surface area contributed by atoms with E-state index in [1.165, 1.54) is 16.7 Å². The van der Waals surface area contributed by atoms with E-state index in [9.17, 15) is 4.79 Å². The molecule has 3 rings (SSSR count). The summed E-state index contributed by atoms with van der Waals surface area (Å²) in [5.41, 5.74) is 4.80. The molecule has 2 aromatic rings. The summed E-state index contributed by atoms with van der Waals surface area (Å²) in [5, 5.41) is 6.59. The Labute approximate surface area is 157 Å². The highest BCUT2D eigenvalue weighted by atomic mass is 16.1. The van der Waals surface area contributed by atoms with E-state index in [-0.39, 0.29) is 5.91 Å². The molecule has 0 spiro atoms. The van der Waals surface area contributed by atoms with Crippen LogP contribution in [0.2, 0.25) is 0 Å². The molecular weight excluding hydrogens is 320 g/mol. The highest BCUT2D eigenvalue weighted by molar-refractivity contribution is 5.94. The first-order valence-corrected chi connectivity index (χ1v) is 9.78. The first-order chi connectivity index (χ1) is 12.6.